The number of nitrogens with one attached hydrogen (secondary N) is 1. The highest BCUT2D eigenvalue weighted by atomic mass is 35.5. The van der Waals surface area contributed by atoms with Gasteiger partial charge in [0, 0.05) is 17.3 Å². The number of hydrogen-bond acceptors (Lipinski definition) is 5. The Balaban J connectivity index is 1.58. The molecule has 0 saturated heterocycles. The number of aromatic nitrogens is 3. The third-order valence-corrected chi connectivity index (χ3v) is 6.18. The summed E-state index contributed by atoms with van der Waals surface area (Å²) in [5.41, 5.74) is 7.87. The van der Waals surface area contributed by atoms with E-state index in [0.717, 1.165) is 18.5 Å². The lowest BCUT2D eigenvalue weighted by molar-refractivity contribution is 0.0934. The van der Waals surface area contributed by atoms with E-state index >= 15 is 0 Å². The number of nitrogen functional groups attached to an aromatic ring is 1. The number of carbonyl (C=O) groups is 1. The lowest BCUT2D eigenvalue weighted by Gasteiger charge is -2.21. The first-order valence-corrected chi connectivity index (χ1v) is 11.1. The van der Waals surface area contributed by atoms with Gasteiger partial charge in [-0.2, -0.15) is 0 Å². The number of carbonyl (C=O) groups excluding carboxylic acids is 1. The van der Waals surface area contributed by atoms with Crippen LogP contribution in [-0.2, 0) is 0 Å². The SMILES string of the molecule is CC(NC(=O)c1nc(C2CC2)cnc1N)c1cc2cccc(Cl)c2c(=O)n1-c1ccccc1. The predicted octanol–water partition coefficient (Wildman–Crippen LogP) is 4.38. The first kappa shape index (κ1) is 21.2. The number of benzene rings is 2. The van der Waals surface area contributed by atoms with Gasteiger partial charge in [-0.05, 0) is 49.4 Å². The van der Waals surface area contributed by atoms with Gasteiger partial charge in [-0.1, -0.05) is 41.9 Å². The molecule has 1 atom stereocenters. The molecule has 5 rings (SSSR count). The molecule has 0 radical (unpaired) electrons. The molecule has 2 heterocycles. The summed E-state index contributed by atoms with van der Waals surface area (Å²) in [6, 6.07) is 15.9. The first-order valence-electron chi connectivity index (χ1n) is 10.8. The van der Waals surface area contributed by atoms with Crippen molar-refractivity contribution in [1.29, 1.82) is 0 Å². The Morgan fingerprint density at radius 3 is 2.67 bits per heavy atom. The molecule has 1 aliphatic carbocycles. The van der Waals surface area contributed by atoms with E-state index < -0.39 is 11.9 Å². The molecule has 1 fully saturated rings. The summed E-state index contributed by atoms with van der Waals surface area (Å²) in [6.07, 6.45) is 3.71. The zero-order valence-corrected chi connectivity index (χ0v) is 18.7. The highest BCUT2D eigenvalue weighted by Crippen LogP contribution is 2.39. The third-order valence-electron chi connectivity index (χ3n) is 5.86. The van der Waals surface area contributed by atoms with E-state index in [4.69, 9.17) is 17.3 Å². The maximum absolute atomic E-state index is 13.5. The largest absolute Gasteiger partial charge is 0.382 e. The second-order valence-electron chi connectivity index (χ2n) is 8.25. The number of amides is 1. The minimum absolute atomic E-state index is 0.0786. The van der Waals surface area contributed by atoms with Crippen LogP contribution in [0.4, 0.5) is 5.82 Å². The molecule has 1 aliphatic rings. The van der Waals surface area contributed by atoms with Gasteiger partial charge in [0.15, 0.2) is 11.5 Å². The van der Waals surface area contributed by atoms with E-state index in [2.05, 4.69) is 15.3 Å². The fraction of sp³-hybridized carbons (Fsp3) is 0.200. The highest BCUT2D eigenvalue weighted by Gasteiger charge is 2.28. The summed E-state index contributed by atoms with van der Waals surface area (Å²) >= 11 is 6.37. The molecule has 1 saturated carbocycles. The molecular formula is C25H22ClN5O2. The molecule has 0 aliphatic heterocycles. The van der Waals surface area contributed by atoms with Gasteiger partial charge in [-0.25, -0.2) is 9.97 Å². The quantitative estimate of drug-likeness (QED) is 0.461. The fourth-order valence-corrected chi connectivity index (χ4v) is 4.26. The van der Waals surface area contributed by atoms with Crippen LogP contribution < -0.4 is 16.6 Å². The van der Waals surface area contributed by atoms with E-state index in [0.29, 0.717) is 33.1 Å². The van der Waals surface area contributed by atoms with Gasteiger partial charge >= 0.3 is 0 Å². The van der Waals surface area contributed by atoms with Crippen LogP contribution in [0.25, 0.3) is 16.5 Å². The van der Waals surface area contributed by atoms with E-state index in [9.17, 15) is 9.59 Å². The summed E-state index contributed by atoms with van der Waals surface area (Å²) in [4.78, 5) is 35.2. The number of fused-ring (bicyclic) bond motifs is 1. The zero-order chi connectivity index (χ0) is 23.1. The van der Waals surface area contributed by atoms with Crippen LogP contribution >= 0.6 is 11.6 Å². The Morgan fingerprint density at radius 1 is 1.18 bits per heavy atom. The molecule has 0 bridgehead atoms. The van der Waals surface area contributed by atoms with Crippen LogP contribution in [-0.4, -0.2) is 20.4 Å². The van der Waals surface area contributed by atoms with Crippen molar-refractivity contribution in [2.45, 2.75) is 31.7 Å². The zero-order valence-electron chi connectivity index (χ0n) is 18.0. The average molecular weight is 460 g/mol. The highest BCUT2D eigenvalue weighted by molar-refractivity contribution is 6.35. The van der Waals surface area contributed by atoms with Gasteiger partial charge in [-0.3, -0.25) is 14.2 Å². The molecule has 0 spiro atoms. The molecule has 1 amide bonds. The van der Waals surface area contributed by atoms with Gasteiger partial charge in [0.05, 0.1) is 28.3 Å². The van der Waals surface area contributed by atoms with Crippen LogP contribution in [0.1, 0.15) is 53.6 Å². The second-order valence-corrected chi connectivity index (χ2v) is 8.65. The van der Waals surface area contributed by atoms with Crippen LogP contribution in [0.15, 0.2) is 65.6 Å². The van der Waals surface area contributed by atoms with Crippen molar-refractivity contribution in [2.75, 3.05) is 5.73 Å². The number of hydrogen-bond donors (Lipinski definition) is 2. The summed E-state index contributed by atoms with van der Waals surface area (Å²) in [6.45, 7) is 1.82. The molecule has 4 aromatic rings. The van der Waals surface area contributed by atoms with Gasteiger partial charge in [-0.15, -0.1) is 0 Å². The molecule has 1 unspecified atom stereocenters. The lowest BCUT2D eigenvalue weighted by Crippen LogP contribution is -2.33. The number of nitrogens with zero attached hydrogens (tertiary/aromatic N) is 3. The summed E-state index contributed by atoms with van der Waals surface area (Å²) in [7, 11) is 0. The smallest absolute Gasteiger partial charge is 0.274 e. The van der Waals surface area contributed by atoms with Crippen molar-refractivity contribution in [3.8, 4) is 5.69 Å². The number of anilines is 1. The molecule has 33 heavy (non-hydrogen) atoms. The van der Waals surface area contributed by atoms with Crippen molar-refractivity contribution in [1.82, 2.24) is 19.9 Å². The molecule has 2 aromatic heterocycles. The topological polar surface area (TPSA) is 103 Å². The Bertz CT molecular complexity index is 1430. The van der Waals surface area contributed by atoms with E-state index in [1.54, 1.807) is 22.9 Å². The van der Waals surface area contributed by atoms with Crippen molar-refractivity contribution < 1.29 is 4.79 Å². The van der Waals surface area contributed by atoms with Crippen molar-refractivity contribution in [3.05, 3.63) is 93.3 Å². The number of pyridine rings is 1. The number of para-hydroxylation sites is 1. The summed E-state index contributed by atoms with van der Waals surface area (Å²) in [5, 5.41) is 4.45. The number of nitrogens with two attached hydrogens (primary N) is 1. The van der Waals surface area contributed by atoms with Crippen molar-refractivity contribution in [2.24, 2.45) is 0 Å². The van der Waals surface area contributed by atoms with E-state index in [1.807, 2.05) is 49.4 Å². The maximum Gasteiger partial charge on any atom is 0.274 e. The van der Waals surface area contributed by atoms with Crippen molar-refractivity contribution in [3.63, 3.8) is 0 Å². The third kappa shape index (κ3) is 3.96. The van der Waals surface area contributed by atoms with Gasteiger partial charge < -0.3 is 11.1 Å². The first-order chi connectivity index (χ1) is 15.9. The van der Waals surface area contributed by atoms with Gasteiger partial charge in [0.2, 0.25) is 0 Å². The number of halogens is 1. The summed E-state index contributed by atoms with van der Waals surface area (Å²) < 4.78 is 1.58. The fourth-order valence-electron chi connectivity index (χ4n) is 4.00. The lowest BCUT2D eigenvalue weighted by atomic mass is 10.1. The minimum Gasteiger partial charge on any atom is -0.382 e. The Morgan fingerprint density at radius 2 is 1.94 bits per heavy atom. The van der Waals surface area contributed by atoms with Crippen LogP contribution in [0.5, 0.6) is 0 Å². The van der Waals surface area contributed by atoms with Crippen LogP contribution in [0.2, 0.25) is 5.02 Å². The standard InChI is InChI=1S/C25H22ClN5O2/c1-14(29-24(32)22-23(27)28-13-19(30-22)15-10-11-15)20-12-16-6-5-9-18(26)21(16)25(33)31(20)17-7-3-2-4-8-17/h2-9,12-15H,10-11H2,1H3,(H2,27,28)(H,29,32). The molecule has 7 nitrogen and oxygen atoms in total. The minimum atomic E-state index is -0.528. The van der Waals surface area contributed by atoms with Crippen LogP contribution in [0, 0.1) is 0 Å². The van der Waals surface area contributed by atoms with E-state index in [1.165, 1.54) is 0 Å². The Hall–Kier alpha value is -3.71. The molecule has 8 heteroatoms. The Labute approximate surface area is 195 Å². The second kappa shape index (κ2) is 8.33. The molecular weight excluding hydrogens is 438 g/mol. The van der Waals surface area contributed by atoms with Gasteiger partial charge in [0.1, 0.15) is 0 Å². The van der Waals surface area contributed by atoms with Crippen molar-refractivity contribution >= 4 is 34.1 Å². The average Bonchev–Trinajstić information content (AvgIpc) is 3.65. The molecule has 2 aromatic carbocycles. The molecule has 166 valence electrons. The van der Waals surface area contributed by atoms with Crippen LogP contribution in [0.3, 0.4) is 0 Å². The Kier molecular flexibility index (Phi) is 5.34. The molecule has 3 N–H and O–H groups in total. The normalized spacial score (nSPS) is 14.2. The maximum atomic E-state index is 13.5. The van der Waals surface area contributed by atoms with E-state index in [-0.39, 0.29) is 17.1 Å². The summed E-state index contributed by atoms with van der Waals surface area (Å²) in [5.74, 6) is -0.0151. The number of rotatable bonds is 5. The predicted molar refractivity (Wildman–Crippen MR) is 129 cm³/mol. The monoisotopic (exact) mass is 459 g/mol. The van der Waals surface area contributed by atoms with Gasteiger partial charge in [0.25, 0.3) is 11.5 Å².